The van der Waals surface area contributed by atoms with Crippen molar-refractivity contribution in [1.82, 2.24) is 20.1 Å². The summed E-state index contributed by atoms with van der Waals surface area (Å²) < 4.78 is 20.2. The number of rotatable bonds is 8. The average molecular weight is 458 g/mol. The smallest absolute Gasteiger partial charge is 0.251 e. The van der Waals surface area contributed by atoms with Gasteiger partial charge in [0.15, 0.2) is 11.0 Å². The molecule has 0 spiro atoms. The van der Waals surface area contributed by atoms with Crippen molar-refractivity contribution in [2.75, 3.05) is 18.2 Å². The standard InChI is InChI=1S/C22H24FN5O3S/c1-13-5-8-16(23)11-18(13)25-19(29)12-32-22-27-26-20(28(22)3)14(2)24-21(30)15-6-9-17(31-4)10-7-15/h5-11,14H,12H2,1-4H3,(H,24,30)(H,25,29)/t14-/m0/s1. The fourth-order valence-corrected chi connectivity index (χ4v) is 3.68. The maximum atomic E-state index is 13.4. The Balaban J connectivity index is 1.58. The summed E-state index contributed by atoms with van der Waals surface area (Å²) in [6.45, 7) is 3.60. The van der Waals surface area contributed by atoms with Crippen LogP contribution in [0, 0.1) is 12.7 Å². The number of aryl methyl sites for hydroxylation is 1. The third kappa shape index (κ3) is 5.64. The molecule has 2 aromatic carbocycles. The van der Waals surface area contributed by atoms with Crippen molar-refractivity contribution >= 4 is 29.3 Å². The summed E-state index contributed by atoms with van der Waals surface area (Å²) in [6, 6.07) is 10.6. The minimum absolute atomic E-state index is 0.0779. The number of halogens is 1. The molecule has 2 amide bonds. The lowest BCUT2D eigenvalue weighted by Gasteiger charge is -2.14. The van der Waals surface area contributed by atoms with E-state index in [1.54, 1.807) is 62.9 Å². The second-order valence-electron chi connectivity index (χ2n) is 7.12. The van der Waals surface area contributed by atoms with Crippen LogP contribution in [-0.4, -0.2) is 39.4 Å². The molecular formula is C22H24FN5O3S. The van der Waals surface area contributed by atoms with Crippen LogP contribution in [0.3, 0.4) is 0 Å². The number of ether oxygens (including phenoxy) is 1. The topological polar surface area (TPSA) is 98.1 Å². The first-order valence-electron chi connectivity index (χ1n) is 9.81. The van der Waals surface area contributed by atoms with Gasteiger partial charge in [0.1, 0.15) is 11.6 Å². The van der Waals surface area contributed by atoms with Crippen LogP contribution in [0.15, 0.2) is 47.6 Å². The third-order valence-corrected chi connectivity index (χ3v) is 5.78. The van der Waals surface area contributed by atoms with Crippen molar-refractivity contribution in [3.05, 3.63) is 65.2 Å². The molecule has 0 bridgehead atoms. The van der Waals surface area contributed by atoms with Gasteiger partial charge in [0.25, 0.3) is 5.91 Å². The Hall–Kier alpha value is -3.40. The summed E-state index contributed by atoms with van der Waals surface area (Å²) in [5.41, 5.74) is 1.70. The Kier molecular flexibility index (Phi) is 7.47. The van der Waals surface area contributed by atoms with Gasteiger partial charge in [-0.2, -0.15) is 0 Å². The quantitative estimate of drug-likeness (QED) is 0.503. The number of nitrogens with zero attached hydrogens (tertiary/aromatic N) is 3. The molecule has 168 valence electrons. The van der Waals surface area contributed by atoms with E-state index >= 15 is 0 Å². The summed E-state index contributed by atoms with van der Waals surface area (Å²) in [5, 5.41) is 14.4. The lowest BCUT2D eigenvalue weighted by Crippen LogP contribution is -2.28. The summed E-state index contributed by atoms with van der Waals surface area (Å²) in [5.74, 6) is 0.351. The number of thioether (sulfide) groups is 1. The normalized spacial score (nSPS) is 11.7. The van der Waals surface area contributed by atoms with Crippen molar-refractivity contribution < 1.29 is 18.7 Å². The van der Waals surface area contributed by atoms with Gasteiger partial charge in [-0.05, 0) is 55.8 Å². The first-order valence-corrected chi connectivity index (χ1v) is 10.8. The van der Waals surface area contributed by atoms with Crippen LogP contribution < -0.4 is 15.4 Å². The van der Waals surface area contributed by atoms with Gasteiger partial charge in [-0.25, -0.2) is 4.39 Å². The van der Waals surface area contributed by atoms with E-state index in [4.69, 9.17) is 4.74 Å². The maximum Gasteiger partial charge on any atom is 0.251 e. The minimum Gasteiger partial charge on any atom is -0.497 e. The summed E-state index contributed by atoms with van der Waals surface area (Å²) in [4.78, 5) is 24.8. The molecule has 0 aliphatic carbocycles. The maximum absolute atomic E-state index is 13.4. The monoisotopic (exact) mass is 457 g/mol. The molecule has 0 saturated carbocycles. The molecule has 32 heavy (non-hydrogen) atoms. The van der Waals surface area contributed by atoms with Gasteiger partial charge in [-0.15, -0.1) is 10.2 Å². The van der Waals surface area contributed by atoms with Crippen molar-refractivity contribution in [2.24, 2.45) is 7.05 Å². The fraction of sp³-hybridized carbons (Fsp3) is 0.273. The van der Waals surface area contributed by atoms with E-state index in [2.05, 4.69) is 20.8 Å². The number of benzene rings is 2. The van der Waals surface area contributed by atoms with Gasteiger partial charge >= 0.3 is 0 Å². The van der Waals surface area contributed by atoms with Crippen LogP contribution >= 0.6 is 11.8 Å². The molecule has 3 rings (SSSR count). The summed E-state index contributed by atoms with van der Waals surface area (Å²) >= 11 is 1.20. The zero-order valence-corrected chi connectivity index (χ0v) is 19.0. The lowest BCUT2D eigenvalue weighted by molar-refractivity contribution is -0.113. The molecule has 0 fully saturated rings. The number of carbonyl (C=O) groups excluding carboxylic acids is 2. The Morgan fingerprint density at radius 1 is 1.19 bits per heavy atom. The fourth-order valence-electron chi connectivity index (χ4n) is 2.96. The molecule has 1 aromatic heterocycles. The second-order valence-corrected chi connectivity index (χ2v) is 8.06. The number of anilines is 1. The zero-order valence-electron chi connectivity index (χ0n) is 18.2. The molecule has 2 N–H and O–H groups in total. The highest BCUT2D eigenvalue weighted by Gasteiger charge is 2.19. The first-order chi connectivity index (χ1) is 15.3. The summed E-state index contributed by atoms with van der Waals surface area (Å²) in [7, 11) is 3.33. The highest BCUT2D eigenvalue weighted by molar-refractivity contribution is 7.99. The lowest BCUT2D eigenvalue weighted by atomic mass is 10.2. The number of carbonyl (C=O) groups is 2. The third-order valence-electron chi connectivity index (χ3n) is 4.76. The molecule has 0 saturated heterocycles. The van der Waals surface area contributed by atoms with Gasteiger partial charge in [-0.3, -0.25) is 9.59 Å². The van der Waals surface area contributed by atoms with Crippen LogP contribution in [0.4, 0.5) is 10.1 Å². The van der Waals surface area contributed by atoms with E-state index in [0.29, 0.717) is 28.0 Å². The predicted molar refractivity (Wildman–Crippen MR) is 120 cm³/mol. The molecule has 0 aliphatic heterocycles. The Bertz CT molecular complexity index is 1120. The predicted octanol–water partition coefficient (Wildman–Crippen LogP) is 3.49. The zero-order chi connectivity index (χ0) is 23.3. The SMILES string of the molecule is COc1ccc(C(=O)N[C@@H](C)c2nnc(SCC(=O)Nc3cc(F)ccc3C)n2C)cc1. The van der Waals surface area contributed by atoms with Crippen LogP contribution in [0.2, 0.25) is 0 Å². The number of hydrogen-bond acceptors (Lipinski definition) is 6. The van der Waals surface area contributed by atoms with Gasteiger partial charge in [0.2, 0.25) is 5.91 Å². The van der Waals surface area contributed by atoms with Crippen LogP contribution in [0.25, 0.3) is 0 Å². The second kappa shape index (κ2) is 10.3. The molecule has 0 aliphatic rings. The highest BCUT2D eigenvalue weighted by Crippen LogP contribution is 2.21. The molecule has 8 nitrogen and oxygen atoms in total. The Morgan fingerprint density at radius 2 is 1.91 bits per heavy atom. The van der Waals surface area contributed by atoms with Gasteiger partial charge in [0.05, 0.1) is 18.9 Å². The van der Waals surface area contributed by atoms with Gasteiger partial charge in [0, 0.05) is 18.3 Å². The van der Waals surface area contributed by atoms with E-state index in [-0.39, 0.29) is 17.6 Å². The average Bonchev–Trinajstić information content (AvgIpc) is 3.15. The van der Waals surface area contributed by atoms with Gasteiger partial charge in [-0.1, -0.05) is 17.8 Å². The van der Waals surface area contributed by atoms with Crippen LogP contribution in [0.1, 0.15) is 34.7 Å². The van der Waals surface area contributed by atoms with E-state index < -0.39 is 11.9 Å². The van der Waals surface area contributed by atoms with E-state index in [9.17, 15) is 14.0 Å². The van der Waals surface area contributed by atoms with Gasteiger partial charge < -0.3 is 19.9 Å². The number of nitrogens with one attached hydrogen (secondary N) is 2. The molecule has 0 unspecified atom stereocenters. The van der Waals surface area contributed by atoms with Crippen LogP contribution in [-0.2, 0) is 11.8 Å². The Labute approximate surface area is 189 Å². The van der Waals surface area contributed by atoms with Crippen molar-refractivity contribution in [3.8, 4) is 5.75 Å². The number of hydrogen-bond donors (Lipinski definition) is 2. The molecule has 1 heterocycles. The molecule has 1 atom stereocenters. The first kappa shape index (κ1) is 23.3. The summed E-state index contributed by atoms with van der Waals surface area (Å²) in [6.07, 6.45) is 0. The largest absolute Gasteiger partial charge is 0.497 e. The molecule has 3 aromatic rings. The Morgan fingerprint density at radius 3 is 2.59 bits per heavy atom. The molecule has 10 heteroatoms. The number of amides is 2. The molecular weight excluding hydrogens is 433 g/mol. The van der Waals surface area contributed by atoms with E-state index in [0.717, 1.165) is 5.56 Å². The highest BCUT2D eigenvalue weighted by atomic mass is 32.2. The van der Waals surface area contributed by atoms with Crippen LogP contribution in [0.5, 0.6) is 5.75 Å². The minimum atomic E-state index is -0.415. The molecule has 0 radical (unpaired) electrons. The van der Waals surface area contributed by atoms with Crippen molar-refractivity contribution in [1.29, 1.82) is 0 Å². The van der Waals surface area contributed by atoms with E-state index in [1.807, 2.05) is 0 Å². The van der Waals surface area contributed by atoms with Crippen molar-refractivity contribution in [2.45, 2.75) is 25.0 Å². The van der Waals surface area contributed by atoms with E-state index in [1.165, 1.54) is 23.9 Å². The number of aromatic nitrogens is 3. The van der Waals surface area contributed by atoms with Crippen molar-refractivity contribution in [3.63, 3.8) is 0 Å². The number of methoxy groups -OCH3 is 1.